The van der Waals surface area contributed by atoms with Crippen molar-refractivity contribution in [1.82, 2.24) is 0 Å². The van der Waals surface area contributed by atoms with E-state index in [4.69, 9.17) is 4.74 Å². The van der Waals surface area contributed by atoms with Crippen LogP contribution in [0.15, 0.2) is 0 Å². The number of hydrogen-bond acceptors (Lipinski definition) is 2. The third-order valence-corrected chi connectivity index (χ3v) is 2.40. The van der Waals surface area contributed by atoms with Gasteiger partial charge in [-0.25, -0.2) is 8.78 Å². The van der Waals surface area contributed by atoms with Crippen molar-refractivity contribution in [3.63, 3.8) is 0 Å². The number of carbonyl (C=O) groups is 1. The minimum absolute atomic E-state index is 0.0739. The summed E-state index contributed by atoms with van der Waals surface area (Å²) in [4.78, 5) is 10.7. The van der Waals surface area contributed by atoms with Gasteiger partial charge in [0.2, 0.25) is 0 Å². The first-order valence-corrected chi connectivity index (χ1v) is 4.45. The Balaban J connectivity index is 3.51. The van der Waals surface area contributed by atoms with Gasteiger partial charge in [0.05, 0.1) is 6.61 Å². The van der Waals surface area contributed by atoms with Crippen LogP contribution in [-0.2, 0) is 11.3 Å². The zero-order valence-electron chi connectivity index (χ0n) is 8.86. The predicted octanol–water partition coefficient (Wildman–Crippen LogP) is 2.54. The highest BCUT2D eigenvalue weighted by molar-refractivity contribution is 5.80. The number of aldehydes is 1. The van der Waals surface area contributed by atoms with E-state index in [-0.39, 0.29) is 28.9 Å². The average molecular weight is 214 g/mol. The molecule has 0 N–H and O–H groups in total. The van der Waals surface area contributed by atoms with Crippen LogP contribution >= 0.6 is 0 Å². The molecule has 4 heteroatoms. The smallest absolute Gasteiger partial charge is 0.150 e. The minimum atomic E-state index is -0.706. The van der Waals surface area contributed by atoms with Crippen molar-refractivity contribution >= 4 is 6.29 Å². The molecule has 0 amide bonds. The molecule has 0 spiro atoms. The van der Waals surface area contributed by atoms with E-state index >= 15 is 0 Å². The van der Waals surface area contributed by atoms with Crippen molar-refractivity contribution in [2.24, 2.45) is 0 Å². The summed E-state index contributed by atoms with van der Waals surface area (Å²) in [5, 5.41) is 0. The normalized spacial score (nSPS) is 10.5. The number of carbonyl (C=O) groups excluding carboxylic acids is 1. The maximum atomic E-state index is 13.6. The van der Waals surface area contributed by atoms with E-state index in [1.54, 1.807) is 0 Å². The van der Waals surface area contributed by atoms with Gasteiger partial charge in [-0.3, -0.25) is 4.79 Å². The number of rotatable bonds is 3. The summed E-state index contributed by atoms with van der Waals surface area (Å²) < 4.78 is 31.9. The van der Waals surface area contributed by atoms with Gasteiger partial charge in [0.1, 0.15) is 11.6 Å². The Hall–Kier alpha value is -1.29. The molecule has 15 heavy (non-hydrogen) atoms. The van der Waals surface area contributed by atoms with E-state index in [1.165, 1.54) is 21.0 Å². The second-order valence-electron chi connectivity index (χ2n) is 3.32. The molecule has 1 aromatic carbocycles. The van der Waals surface area contributed by atoms with Crippen LogP contribution in [0.2, 0.25) is 0 Å². The van der Waals surface area contributed by atoms with Crippen LogP contribution < -0.4 is 0 Å². The number of ether oxygens (including phenoxy) is 1. The Morgan fingerprint density at radius 2 is 1.67 bits per heavy atom. The molecule has 0 saturated heterocycles. The third kappa shape index (κ3) is 1.90. The molecule has 0 aliphatic heterocycles. The lowest BCUT2D eigenvalue weighted by Gasteiger charge is -2.12. The topological polar surface area (TPSA) is 26.3 Å². The molecule has 1 aromatic rings. The highest BCUT2D eigenvalue weighted by atomic mass is 19.1. The van der Waals surface area contributed by atoms with Crippen LogP contribution in [0, 0.1) is 25.5 Å². The van der Waals surface area contributed by atoms with Crippen molar-refractivity contribution in [2.75, 3.05) is 7.11 Å². The van der Waals surface area contributed by atoms with E-state index in [1.807, 2.05) is 0 Å². The number of hydrogen-bond donors (Lipinski definition) is 0. The zero-order chi connectivity index (χ0) is 11.6. The molecule has 0 saturated carbocycles. The molecule has 0 atom stereocenters. The largest absolute Gasteiger partial charge is 0.380 e. The zero-order valence-corrected chi connectivity index (χ0v) is 8.86. The van der Waals surface area contributed by atoms with Gasteiger partial charge >= 0.3 is 0 Å². The van der Waals surface area contributed by atoms with Crippen LogP contribution in [0.25, 0.3) is 0 Å². The van der Waals surface area contributed by atoms with Gasteiger partial charge in [-0.05, 0) is 25.0 Å². The first-order chi connectivity index (χ1) is 7.04. The van der Waals surface area contributed by atoms with E-state index in [9.17, 15) is 13.6 Å². The number of methoxy groups -OCH3 is 1. The average Bonchev–Trinajstić information content (AvgIpc) is 2.23. The van der Waals surface area contributed by atoms with Crippen molar-refractivity contribution in [1.29, 1.82) is 0 Å². The number of halogens is 2. The molecular weight excluding hydrogens is 202 g/mol. The molecule has 0 unspecified atom stereocenters. The fourth-order valence-electron chi connectivity index (χ4n) is 1.51. The lowest BCUT2D eigenvalue weighted by molar-refractivity contribution is 0.112. The summed E-state index contributed by atoms with van der Waals surface area (Å²) in [6.07, 6.45) is 0.466. The second kappa shape index (κ2) is 4.49. The van der Waals surface area contributed by atoms with Gasteiger partial charge in [0.15, 0.2) is 6.29 Å². The van der Waals surface area contributed by atoms with Gasteiger partial charge in [-0.1, -0.05) is 0 Å². The van der Waals surface area contributed by atoms with E-state index in [0.717, 1.165) is 0 Å². The summed E-state index contributed by atoms with van der Waals surface area (Å²) in [5.74, 6) is -1.41. The number of benzene rings is 1. The molecule has 2 nitrogen and oxygen atoms in total. The molecule has 0 aliphatic rings. The van der Waals surface area contributed by atoms with Crippen LogP contribution in [0.1, 0.15) is 27.0 Å². The molecule has 0 aliphatic carbocycles. The third-order valence-electron chi connectivity index (χ3n) is 2.40. The quantitative estimate of drug-likeness (QED) is 0.723. The lowest BCUT2D eigenvalue weighted by atomic mass is 9.98. The standard InChI is InChI=1S/C11H12F2O2/c1-6-8(4-14)7(2)11(13)9(5-15-3)10(6)12/h4H,5H2,1-3H3. The molecule has 0 bridgehead atoms. The highest BCUT2D eigenvalue weighted by Crippen LogP contribution is 2.24. The predicted molar refractivity (Wildman–Crippen MR) is 51.9 cm³/mol. The molecule has 0 heterocycles. The van der Waals surface area contributed by atoms with Crippen molar-refractivity contribution < 1.29 is 18.3 Å². The van der Waals surface area contributed by atoms with E-state index < -0.39 is 11.6 Å². The monoisotopic (exact) mass is 214 g/mol. The first-order valence-electron chi connectivity index (χ1n) is 4.45. The van der Waals surface area contributed by atoms with E-state index in [2.05, 4.69) is 0 Å². The summed E-state index contributed by atoms with van der Waals surface area (Å²) in [7, 11) is 1.36. The van der Waals surface area contributed by atoms with Gasteiger partial charge in [-0.15, -0.1) is 0 Å². The maximum Gasteiger partial charge on any atom is 0.150 e. The Kier molecular flexibility index (Phi) is 3.52. The summed E-state index contributed by atoms with van der Waals surface area (Å²) in [6, 6.07) is 0. The summed E-state index contributed by atoms with van der Waals surface area (Å²) in [6.45, 7) is 2.76. The van der Waals surface area contributed by atoms with Crippen molar-refractivity contribution in [2.45, 2.75) is 20.5 Å². The van der Waals surface area contributed by atoms with Gasteiger partial charge in [0, 0.05) is 18.2 Å². The maximum absolute atomic E-state index is 13.6. The molecule has 0 fully saturated rings. The molecule has 0 aromatic heterocycles. The van der Waals surface area contributed by atoms with Gasteiger partial charge in [0.25, 0.3) is 0 Å². The fraction of sp³-hybridized carbons (Fsp3) is 0.364. The van der Waals surface area contributed by atoms with Crippen LogP contribution in [0.5, 0.6) is 0 Å². The van der Waals surface area contributed by atoms with Crippen LogP contribution in [0.4, 0.5) is 8.78 Å². The Morgan fingerprint density at radius 3 is 2.00 bits per heavy atom. The summed E-state index contributed by atoms with van der Waals surface area (Å²) in [5.41, 5.74) is 0.273. The fourth-order valence-corrected chi connectivity index (χ4v) is 1.51. The van der Waals surface area contributed by atoms with Gasteiger partial charge < -0.3 is 4.74 Å². The Labute approximate surface area is 86.9 Å². The minimum Gasteiger partial charge on any atom is -0.380 e. The Bertz CT molecular complexity index is 371. The van der Waals surface area contributed by atoms with E-state index in [0.29, 0.717) is 6.29 Å². The van der Waals surface area contributed by atoms with Gasteiger partial charge in [-0.2, -0.15) is 0 Å². The molecule has 0 radical (unpaired) electrons. The molecular formula is C11H12F2O2. The van der Waals surface area contributed by atoms with Crippen LogP contribution in [0.3, 0.4) is 0 Å². The molecule has 82 valence electrons. The first kappa shape index (κ1) is 11.8. The SMILES string of the molecule is COCc1c(F)c(C)c(C=O)c(C)c1F. The second-order valence-corrected chi connectivity index (χ2v) is 3.32. The Morgan fingerprint density at radius 1 is 1.20 bits per heavy atom. The summed E-state index contributed by atoms with van der Waals surface area (Å²) >= 11 is 0. The molecule has 1 rings (SSSR count). The van der Waals surface area contributed by atoms with Crippen molar-refractivity contribution in [3.8, 4) is 0 Å². The highest BCUT2D eigenvalue weighted by Gasteiger charge is 2.19. The van der Waals surface area contributed by atoms with Crippen LogP contribution in [-0.4, -0.2) is 13.4 Å². The van der Waals surface area contributed by atoms with Crippen molar-refractivity contribution in [3.05, 3.63) is 33.9 Å². The lowest BCUT2D eigenvalue weighted by Crippen LogP contribution is -2.07.